The first kappa shape index (κ1) is 16.7. The Morgan fingerprint density at radius 2 is 2.09 bits per heavy atom. The fraction of sp³-hybridized carbons (Fsp3) is 0.312. The number of primary amides is 1. The average Bonchev–Trinajstić information content (AvgIpc) is 2.94. The number of nitrogens with one attached hydrogen (secondary N) is 1. The van der Waals surface area contributed by atoms with Crippen LogP contribution in [0.3, 0.4) is 0 Å². The van der Waals surface area contributed by atoms with E-state index in [0.717, 1.165) is 12.1 Å². The highest BCUT2D eigenvalue weighted by Crippen LogP contribution is 2.14. The number of aromatic nitrogens is 2. The van der Waals surface area contributed by atoms with E-state index in [4.69, 9.17) is 5.73 Å². The van der Waals surface area contributed by atoms with Crippen molar-refractivity contribution in [3.05, 3.63) is 47.8 Å². The lowest BCUT2D eigenvalue weighted by Gasteiger charge is -2.16. The molecular formula is C16H21N5O2. The molecule has 0 saturated heterocycles. The SMILES string of the molecule is CCn1cc(CN(C)CC(=O)Nc2ccccc2C(N)=O)cn1. The number of benzene rings is 1. The van der Waals surface area contributed by atoms with Gasteiger partial charge in [-0.05, 0) is 26.1 Å². The summed E-state index contributed by atoms with van der Waals surface area (Å²) in [7, 11) is 1.85. The number of likely N-dealkylation sites (N-methyl/N-ethyl adjacent to an activating group) is 1. The fourth-order valence-corrected chi connectivity index (χ4v) is 2.27. The summed E-state index contributed by atoms with van der Waals surface area (Å²) in [5, 5.41) is 6.93. The maximum atomic E-state index is 12.1. The summed E-state index contributed by atoms with van der Waals surface area (Å²) in [6.07, 6.45) is 3.75. The van der Waals surface area contributed by atoms with Crippen molar-refractivity contribution in [1.82, 2.24) is 14.7 Å². The minimum atomic E-state index is -0.568. The summed E-state index contributed by atoms with van der Waals surface area (Å²) in [5.74, 6) is -0.773. The fourth-order valence-electron chi connectivity index (χ4n) is 2.27. The van der Waals surface area contributed by atoms with Crippen molar-refractivity contribution in [3.8, 4) is 0 Å². The number of aryl methyl sites for hydroxylation is 1. The molecule has 3 N–H and O–H groups in total. The van der Waals surface area contributed by atoms with Crippen LogP contribution < -0.4 is 11.1 Å². The van der Waals surface area contributed by atoms with Crippen LogP contribution in [0.25, 0.3) is 0 Å². The van der Waals surface area contributed by atoms with Crippen LogP contribution in [0.1, 0.15) is 22.8 Å². The number of hydrogen-bond acceptors (Lipinski definition) is 4. The van der Waals surface area contributed by atoms with Gasteiger partial charge in [0.15, 0.2) is 0 Å². The van der Waals surface area contributed by atoms with Gasteiger partial charge in [0.2, 0.25) is 5.91 Å². The Kier molecular flexibility index (Phi) is 5.48. The van der Waals surface area contributed by atoms with Crippen molar-refractivity contribution in [2.45, 2.75) is 20.0 Å². The lowest BCUT2D eigenvalue weighted by molar-refractivity contribution is -0.117. The lowest BCUT2D eigenvalue weighted by Crippen LogP contribution is -2.30. The second-order valence-electron chi connectivity index (χ2n) is 5.33. The molecule has 0 fully saturated rings. The van der Waals surface area contributed by atoms with E-state index in [-0.39, 0.29) is 12.5 Å². The van der Waals surface area contributed by atoms with Gasteiger partial charge in [0.25, 0.3) is 5.91 Å². The smallest absolute Gasteiger partial charge is 0.250 e. The third-order valence-electron chi connectivity index (χ3n) is 3.34. The number of rotatable bonds is 7. The number of amides is 2. The topological polar surface area (TPSA) is 93.3 Å². The first-order valence-corrected chi connectivity index (χ1v) is 7.38. The zero-order valence-electron chi connectivity index (χ0n) is 13.3. The van der Waals surface area contributed by atoms with Gasteiger partial charge in [-0.15, -0.1) is 0 Å². The Labute approximate surface area is 135 Å². The summed E-state index contributed by atoms with van der Waals surface area (Å²) >= 11 is 0. The van der Waals surface area contributed by atoms with Crippen molar-refractivity contribution < 1.29 is 9.59 Å². The van der Waals surface area contributed by atoms with Gasteiger partial charge < -0.3 is 11.1 Å². The van der Waals surface area contributed by atoms with E-state index in [0.29, 0.717) is 17.8 Å². The highest BCUT2D eigenvalue weighted by atomic mass is 16.2. The maximum Gasteiger partial charge on any atom is 0.250 e. The molecule has 2 aromatic rings. The third kappa shape index (κ3) is 4.65. The van der Waals surface area contributed by atoms with Crippen LogP contribution in [-0.2, 0) is 17.9 Å². The molecule has 7 heteroatoms. The van der Waals surface area contributed by atoms with Gasteiger partial charge in [0, 0.05) is 24.8 Å². The van der Waals surface area contributed by atoms with E-state index in [2.05, 4.69) is 10.4 Å². The van der Waals surface area contributed by atoms with Crippen LogP contribution in [0.15, 0.2) is 36.7 Å². The van der Waals surface area contributed by atoms with Gasteiger partial charge in [0.1, 0.15) is 0 Å². The number of para-hydroxylation sites is 1. The molecule has 0 unspecified atom stereocenters. The molecule has 1 heterocycles. The number of anilines is 1. The van der Waals surface area contributed by atoms with E-state index >= 15 is 0 Å². The number of nitrogens with zero attached hydrogens (tertiary/aromatic N) is 3. The Balaban J connectivity index is 1.93. The molecule has 0 aliphatic rings. The van der Waals surface area contributed by atoms with Crippen LogP contribution in [0.5, 0.6) is 0 Å². The molecule has 0 bridgehead atoms. The molecule has 0 saturated carbocycles. The Morgan fingerprint density at radius 3 is 2.74 bits per heavy atom. The van der Waals surface area contributed by atoms with Gasteiger partial charge in [0.05, 0.1) is 24.0 Å². The second kappa shape index (κ2) is 7.55. The van der Waals surface area contributed by atoms with Crippen molar-refractivity contribution in [3.63, 3.8) is 0 Å². The molecule has 1 aromatic carbocycles. The number of nitrogens with two attached hydrogens (primary N) is 1. The Bertz CT molecular complexity index is 695. The lowest BCUT2D eigenvalue weighted by atomic mass is 10.1. The molecular weight excluding hydrogens is 294 g/mol. The van der Waals surface area contributed by atoms with Crippen LogP contribution in [-0.4, -0.2) is 40.1 Å². The second-order valence-corrected chi connectivity index (χ2v) is 5.33. The van der Waals surface area contributed by atoms with Crippen LogP contribution in [0.4, 0.5) is 5.69 Å². The molecule has 2 amide bonds. The molecule has 0 aliphatic heterocycles. The van der Waals surface area contributed by atoms with E-state index in [1.54, 1.807) is 30.5 Å². The Morgan fingerprint density at radius 1 is 1.35 bits per heavy atom. The van der Waals surface area contributed by atoms with Gasteiger partial charge in [-0.2, -0.15) is 5.10 Å². The Hall–Kier alpha value is -2.67. The van der Waals surface area contributed by atoms with E-state index in [1.165, 1.54) is 0 Å². The summed E-state index contributed by atoms with van der Waals surface area (Å²) in [6, 6.07) is 6.68. The van der Waals surface area contributed by atoms with Crippen molar-refractivity contribution in [1.29, 1.82) is 0 Å². The highest BCUT2D eigenvalue weighted by Gasteiger charge is 2.12. The van der Waals surface area contributed by atoms with Crippen LogP contribution in [0.2, 0.25) is 0 Å². The van der Waals surface area contributed by atoms with Gasteiger partial charge in [-0.3, -0.25) is 19.2 Å². The summed E-state index contributed by atoms with van der Waals surface area (Å²) in [5.41, 5.74) is 7.07. The van der Waals surface area contributed by atoms with Crippen molar-refractivity contribution in [2.24, 2.45) is 5.73 Å². The molecule has 7 nitrogen and oxygen atoms in total. The first-order chi connectivity index (χ1) is 11.0. The molecule has 0 spiro atoms. The predicted molar refractivity (Wildman–Crippen MR) is 87.8 cm³/mol. The molecule has 1 aromatic heterocycles. The summed E-state index contributed by atoms with van der Waals surface area (Å²) in [6.45, 7) is 3.65. The van der Waals surface area contributed by atoms with Crippen molar-refractivity contribution in [2.75, 3.05) is 18.9 Å². The zero-order valence-corrected chi connectivity index (χ0v) is 13.3. The number of carbonyl (C=O) groups excluding carboxylic acids is 2. The molecule has 122 valence electrons. The number of hydrogen-bond donors (Lipinski definition) is 2. The third-order valence-corrected chi connectivity index (χ3v) is 3.34. The molecule has 0 aliphatic carbocycles. The molecule has 23 heavy (non-hydrogen) atoms. The summed E-state index contributed by atoms with van der Waals surface area (Å²) < 4.78 is 1.84. The number of carbonyl (C=O) groups is 2. The monoisotopic (exact) mass is 315 g/mol. The zero-order chi connectivity index (χ0) is 16.8. The van der Waals surface area contributed by atoms with Gasteiger partial charge >= 0.3 is 0 Å². The van der Waals surface area contributed by atoms with Crippen LogP contribution >= 0.6 is 0 Å². The molecule has 0 atom stereocenters. The van der Waals surface area contributed by atoms with Crippen molar-refractivity contribution >= 4 is 17.5 Å². The molecule has 2 rings (SSSR count). The van der Waals surface area contributed by atoms with Gasteiger partial charge in [-0.25, -0.2) is 0 Å². The van der Waals surface area contributed by atoms with E-state index in [9.17, 15) is 9.59 Å². The average molecular weight is 315 g/mol. The maximum absolute atomic E-state index is 12.1. The van der Waals surface area contributed by atoms with Crippen LogP contribution in [0, 0.1) is 0 Å². The molecule has 0 radical (unpaired) electrons. The van der Waals surface area contributed by atoms with Gasteiger partial charge in [-0.1, -0.05) is 12.1 Å². The minimum Gasteiger partial charge on any atom is -0.366 e. The minimum absolute atomic E-state index is 0.199. The quantitative estimate of drug-likeness (QED) is 0.799. The van der Waals surface area contributed by atoms with E-state index < -0.39 is 5.91 Å². The standard InChI is InChI=1S/C16H21N5O2/c1-3-21-10-12(8-18-21)9-20(2)11-15(22)19-14-7-5-4-6-13(14)16(17)23/h4-8,10H,3,9,11H2,1-2H3,(H2,17,23)(H,19,22). The normalized spacial score (nSPS) is 10.7. The first-order valence-electron chi connectivity index (χ1n) is 7.38. The predicted octanol–water partition coefficient (Wildman–Crippen LogP) is 1.07. The largest absolute Gasteiger partial charge is 0.366 e. The van der Waals surface area contributed by atoms with E-state index in [1.807, 2.05) is 29.7 Å². The highest BCUT2D eigenvalue weighted by molar-refractivity contribution is 6.03. The summed E-state index contributed by atoms with van der Waals surface area (Å²) in [4.78, 5) is 25.3.